The van der Waals surface area contributed by atoms with Crippen LogP contribution in [0.15, 0.2) is 115 Å². The number of benzene rings is 5. The Morgan fingerprint density at radius 3 is 1.71 bits per heavy atom. The van der Waals surface area contributed by atoms with E-state index >= 15 is 0 Å². The van der Waals surface area contributed by atoms with Gasteiger partial charge in [0.15, 0.2) is 17.5 Å². The van der Waals surface area contributed by atoms with Gasteiger partial charge in [0.05, 0.1) is 0 Å². The predicted molar refractivity (Wildman–Crippen MR) is 139 cm³/mol. The highest BCUT2D eigenvalue weighted by molar-refractivity contribution is 6.09. The van der Waals surface area contributed by atoms with Gasteiger partial charge in [-0.2, -0.15) is 0 Å². The molecule has 0 spiro atoms. The third kappa shape index (κ3) is 3.27. The van der Waals surface area contributed by atoms with Gasteiger partial charge in [-0.1, -0.05) is 97.1 Å². The molecule has 35 heavy (non-hydrogen) atoms. The van der Waals surface area contributed by atoms with Crippen molar-refractivity contribution in [3.8, 4) is 56.8 Å². The van der Waals surface area contributed by atoms with E-state index in [1.807, 2.05) is 91.0 Å². The van der Waals surface area contributed by atoms with Crippen molar-refractivity contribution in [2.45, 2.75) is 0 Å². The monoisotopic (exact) mass is 449 g/mol. The van der Waals surface area contributed by atoms with Crippen LogP contribution in [0.1, 0.15) is 0 Å². The van der Waals surface area contributed by atoms with Gasteiger partial charge < -0.3 is 4.74 Å². The summed E-state index contributed by atoms with van der Waals surface area (Å²) in [7, 11) is 0. The lowest BCUT2D eigenvalue weighted by Gasteiger charge is -2.22. The van der Waals surface area contributed by atoms with E-state index in [1.165, 1.54) is 0 Å². The summed E-state index contributed by atoms with van der Waals surface area (Å²) in [5, 5.41) is 2.13. The van der Waals surface area contributed by atoms with E-state index in [-0.39, 0.29) is 0 Å². The summed E-state index contributed by atoms with van der Waals surface area (Å²) in [4.78, 5) is 14.7. The van der Waals surface area contributed by atoms with Crippen molar-refractivity contribution in [2.24, 2.45) is 0 Å². The van der Waals surface area contributed by atoms with Crippen molar-refractivity contribution in [2.75, 3.05) is 0 Å². The fraction of sp³-hybridized carbons (Fsp3) is 0. The Balaban J connectivity index is 1.49. The van der Waals surface area contributed by atoms with Gasteiger partial charge in [0.2, 0.25) is 0 Å². The topological polar surface area (TPSA) is 47.9 Å². The van der Waals surface area contributed by atoms with Crippen molar-refractivity contribution in [3.05, 3.63) is 115 Å². The average molecular weight is 450 g/mol. The fourth-order valence-electron chi connectivity index (χ4n) is 4.70. The van der Waals surface area contributed by atoms with Crippen LogP contribution >= 0.6 is 0 Å². The van der Waals surface area contributed by atoms with Gasteiger partial charge in [0.1, 0.15) is 11.5 Å². The summed E-state index contributed by atoms with van der Waals surface area (Å²) in [6, 6.07) is 38.6. The molecule has 2 heterocycles. The fourth-order valence-corrected chi connectivity index (χ4v) is 4.70. The lowest BCUT2D eigenvalue weighted by Crippen LogP contribution is -2.02. The quantitative estimate of drug-likeness (QED) is 0.276. The first-order valence-electron chi connectivity index (χ1n) is 11.6. The molecule has 6 aromatic rings. The minimum absolute atomic E-state index is 0.639. The van der Waals surface area contributed by atoms with Gasteiger partial charge in [0.25, 0.3) is 0 Å². The van der Waals surface area contributed by atoms with Crippen LogP contribution in [0.4, 0.5) is 0 Å². The molecule has 7 rings (SSSR count). The normalized spacial score (nSPS) is 11.7. The summed E-state index contributed by atoms with van der Waals surface area (Å²) < 4.78 is 6.27. The third-order valence-electron chi connectivity index (χ3n) is 6.34. The standard InChI is InChI=1S/C31H19N3O/c1-3-10-20(11-4-1)29-32-30(21-12-5-2-6-13-21)34-31(33-29)25-18-19-27-28-23(15-9-16-24(25)28)22-14-7-8-17-26(22)35-27/h1-19H. The Labute approximate surface area is 202 Å². The minimum Gasteiger partial charge on any atom is -0.456 e. The number of rotatable bonds is 3. The molecule has 1 aromatic heterocycles. The molecule has 164 valence electrons. The molecular weight excluding hydrogens is 430 g/mol. The summed E-state index contributed by atoms with van der Waals surface area (Å²) in [5.74, 6) is 3.66. The Hall–Kier alpha value is -4.83. The van der Waals surface area contributed by atoms with Crippen LogP contribution in [0, 0.1) is 0 Å². The molecule has 0 aliphatic carbocycles. The highest BCUT2D eigenvalue weighted by Gasteiger charge is 2.22. The first-order chi connectivity index (χ1) is 17.3. The summed E-state index contributed by atoms with van der Waals surface area (Å²) >= 11 is 0. The minimum atomic E-state index is 0.639. The molecule has 0 N–H and O–H groups in total. The second-order valence-corrected chi connectivity index (χ2v) is 8.48. The van der Waals surface area contributed by atoms with Crippen LogP contribution < -0.4 is 4.74 Å². The molecule has 0 amide bonds. The van der Waals surface area contributed by atoms with E-state index in [4.69, 9.17) is 19.7 Å². The van der Waals surface area contributed by atoms with Crippen molar-refractivity contribution >= 4 is 10.8 Å². The summed E-state index contributed by atoms with van der Waals surface area (Å²) in [6.07, 6.45) is 0. The van der Waals surface area contributed by atoms with Crippen molar-refractivity contribution in [1.29, 1.82) is 0 Å². The van der Waals surface area contributed by atoms with Crippen molar-refractivity contribution in [3.63, 3.8) is 0 Å². The Kier molecular flexibility index (Phi) is 4.42. The molecule has 4 heteroatoms. The molecule has 1 aliphatic rings. The number of hydrogen-bond donors (Lipinski definition) is 0. The molecule has 0 saturated heterocycles. The molecular formula is C31H19N3O. The van der Waals surface area contributed by atoms with E-state index in [1.54, 1.807) is 0 Å². The zero-order valence-electron chi connectivity index (χ0n) is 18.7. The largest absolute Gasteiger partial charge is 0.456 e. The maximum atomic E-state index is 6.27. The van der Waals surface area contributed by atoms with Crippen molar-refractivity contribution in [1.82, 2.24) is 15.0 Å². The lowest BCUT2D eigenvalue weighted by molar-refractivity contribution is 0.487. The van der Waals surface area contributed by atoms with E-state index in [0.29, 0.717) is 17.5 Å². The SMILES string of the molecule is c1ccc(-c2nc(-c3ccccc3)nc(-c3ccc4c5c(cccc35)-c3ccccc3O4)n2)cc1. The van der Waals surface area contributed by atoms with Gasteiger partial charge in [-0.25, -0.2) is 15.0 Å². The Morgan fingerprint density at radius 1 is 0.400 bits per heavy atom. The second-order valence-electron chi connectivity index (χ2n) is 8.48. The number of nitrogens with zero attached hydrogens (tertiary/aromatic N) is 3. The molecule has 4 nitrogen and oxygen atoms in total. The zero-order chi connectivity index (χ0) is 23.2. The predicted octanol–water partition coefficient (Wildman–Crippen LogP) is 7.80. The van der Waals surface area contributed by atoms with E-state index in [9.17, 15) is 0 Å². The average Bonchev–Trinajstić information content (AvgIpc) is 2.94. The lowest BCUT2D eigenvalue weighted by atomic mass is 9.92. The smallest absolute Gasteiger partial charge is 0.164 e. The second kappa shape index (κ2) is 7.89. The molecule has 0 unspecified atom stereocenters. The molecule has 5 aromatic carbocycles. The van der Waals surface area contributed by atoms with Crippen LogP contribution in [0.2, 0.25) is 0 Å². The number of ether oxygens (including phenoxy) is 1. The van der Waals surface area contributed by atoms with Crippen LogP contribution in [-0.2, 0) is 0 Å². The van der Waals surface area contributed by atoms with Gasteiger partial charge in [0, 0.05) is 27.6 Å². The zero-order valence-corrected chi connectivity index (χ0v) is 18.7. The van der Waals surface area contributed by atoms with E-state index in [2.05, 4.69) is 24.3 Å². The first-order valence-corrected chi connectivity index (χ1v) is 11.6. The summed E-state index contributed by atoms with van der Waals surface area (Å²) in [6.45, 7) is 0. The molecule has 0 radical (unpaired) electrons. The van der Waals surface area contributed by atoms with Gasteiger partial charge in [-0.15, -0.1) is 0 Å². The maximum Gasteiger partial charge on any atom is 0.164 e. The molecule has 0 atom stereocenters. The van der Waals surface area contributed by atoms with Crippen LogP contribution in [0.3, 0.4) is 0 Å². The van der Waals surface area contributed by atoms with Crippen LogP contribution in [0.25, 0.3) is 56.1 Å². The Morgan fingerprint density at radius 2 is 1.00 bits per heavy atom. The van der Waals surface area contributed by atoms with Crippen LogP contribution in [-0.4, -0.2) is 15.0 Å². The van der Waals surface area contributed by atoms with Gasteiger partial charge in [-0.05, 0) is 29.1 Å². The first kappa shape index (κ1) is 19.6. The molecule has 0 fully saturated rings. The van der Waals surface area contributed by atoms with E-state index < -0.39 is 0 Å². The highest BCUT2D eigenvalue weighted by atomic mass is 16.5. The van der Waals surface area contributed by atoms with Crippen LogP contribution in [0.5, 0.6) is 11.5 Å². The van der Waals surface area contributed by atoms with E-state index in [0.717, 1.165) is 50.1 Å². The number of para-hydroxylation sites is 1. The van der Waals surface area contributed by atoms with Gasteiger partial charge >= 0.3 is 0 Å². The summed E-state index contributed by atoms with van der Waals surface area (Å²) in [5.41, 5.74) is 5.10. The molecule has 0 saturated carbocycles. The molecule has 0 bridgehead atoms. The maximum absolute atomic E-state index is 6.27. The van der Waals surface area contributed by atoms with Gasteiger partial charge in [-0.3, -0.25) is 0 Å². The number of aromatic nitrogens is 3. The molecule has 1 aliphatic heterocycles. The highest BCUT2D eigenvalue weighted by Crippen LogP contribution is 2.48. The van der Waals surface area contributed by atoms with Crippen molar-refractivity contribution < 1.29 is 4.74 Å². The Bertz CT molecular complexity index is 1660. The third-order valence-corrected chi connectivity index (χ3v) is 6.34. The number of hydrogen-bond acceptors (Lipinski definition) is 4. The number of fused-ring (bicyclic) bond motifs is 2.